The van der Waals surface area contributed by atoms with E-state index in [0.29, 0.717) is 5.39 Å². The first kappa shape index (κ1) is 17.0. The zero-order valence-corrected chi connectivity index (χ0v) is 13.7. The van der Waals surface area contributed by atoms with Crippen molar-refractivity contribution in [2.24, 2.45) is 0 Å². The summed E-state index contributed by atoms with van der Waals surface area (Å²) >= 11 is 0. The van der Waals surface area contributed by atoms with Crippen LogP contribution in [0.4, 0.5) is 0 Å². The van der Waals surface area contributed by atoms with Crippen molar-refractivity contribution in [3.05, 3.63) is 48.3 Å². The summed E-state index contributed by atoms with van der Waals surface area (Å²) in [5.41, 5.74) is 0.257. The minimum Gasteiger partial charge on any atom is -0.394 e. The molecule has 2 heterocycles. The minimum atomic E-state index is -1.48. The zero-order valence-electron chi connectivity index (χ0n) is 13.7. The van der Waals surface area contributed by atoms with Crippen LogP contribution in [0.25, 0.3) is 21.5 Å². The maximum Gasteiger partial charge on any atom is 0.178 e. The van der Waals surface area contributed by atoms with Crippen molar-refractivity contribution >= 4 is 21.5 Å². The molecule has 5 atom stereocenters. The third kappa shape index (κ3) is 2.48. The zero-order chi connectivity index (χ0) is 18.4. The van der Waals surface area contributed by atoms with Crippen LogP contribution in [0.1, 0.15) is 11.7 Å². The van der Waals surface area contributed by atoms with Gasteiger partial charge in [-0.2, -0.15) is 5.26 Å². The quantitative estimate of drug-likeness (QED) is 0.536. The average molecular weight is 354 g/mol. The van der Waals surface area contributed by atoms with Crippen LogP contribution >= 0.6 is 0 Å². The number of aliphatic hydroxyl groups excluding tert-OH is 4. The van der Waals surface area contributed by atoms with E-state index in [-0.39, 0.29) is 5.69 Å². The van der Waals surface area contributed by atoms with Gasteiger partial charge in [0.1, 0.15) is 36.1 Å². The molecule has 4 N–H and O–H groups in total. The van der Waals surface area contributed by atoms with Crippen LogP contribution in [-0.2, 0) is 4.74 Å². The van der Waals surface area contributed by atoms with Crippen molar-refractivity contribution in [3.63, 3.8) is 0 Å². The number of aromatic nitrogens is 1. The Kier molecular flexibility index (Phi) is 4.15. The molecule has 4 rings (SSSR count). The Balaban J connectivity index is 1.88. The summed E-state index contributed by atoms with van der Waals surface area (Å²) in [7, 11) is 0. The number of rotatable bonds is 2. The Morgan fingerprint density at radius 2 is 1.73 bits per heavy atom. The van der Waals surface area contributed by atoms with Gasteiger partial charge in [-0.15, -0.1) is 0 Å². The molecule has 134 valence electrons. The van der Waals surface area contributed by atoms with E-state index >= 15 is 0 Å². The molecule has 3 aromatic rings. The fourth-order valence-corrected chi connectivity index (χ4v) is 3.66. The lowest BCUT2D eigenvalue weighted by Crippen LogP contribution is -2.56. The second-order valence-electron chi connectivity index (χ2n) is 6.50. The number of fused-ring (bicyclic) bond motifs is 2. The fraction of sp³-hybridized carbons (Fsp3) is 0.316. The lowest BCUT2D eigenvalue weighted by Gasteiger charge is -2.40. The predicted octanol–water partition coefficient (Wildman–Crippen LogP) is 0.639. The van der Waals surface area contributed by atoms with Gasteiger partial charge in [0.15, 0.2) is 6.29 Å². The van der Waals surface area contributed by atoms with Crippen molar-refractivity contribution in [2.75, 3.05) is 6.61 Å². The third-order valence-corrected chi connectivity index (χ3v) is 5.00. The highest BCUT2D eigenvalue weighted by Crippen LogP contribution is 2.34. The Bertz CT molecular complexity index is 1010. The van der Waals surface area contributed by atoms with Crippen molar-refractivity contribution in [1.82, 2.24) is 4.57 Å². The number of hydrogen-bond donors (Lipinski definition) is 4. The second-order valence-corrected chi connectivity index (χ2v) is 6.50. The Hall–Kier alpha value is -2.47. The molecule has 2 aromatic carbocycles. The van der Waals surface area contributed by atoms with Gasteiger partial charge in [0.2, 0.25) is 0 Å². The number of benzene rings is 2. The lowest BCUT2D eigenvalue weighted by molar-refractivity contribution is -0.263. The highest BCUT2D eigenvalue weighted by Gasteiger charge is 2.45. The van der Waals surface area contributed by atoms with E-state index in [0.717, 1.165) is 16.2 Å². The van der Waals surface area contributed by atoms with Crippen molar-refractivity contribution in [2.45, 2.75) is 30.6 Å². The smallest absolute Gasteiger partial charge is 0.178 e. The summed E-state index contributed by atoms with van der Waals surface area (Å²) in [6.45, 7) is -0.536. The standard InChI is InChI=1S/C19H18N2O5/c20-7-14-13-6-11-4-2-1-3-10(11)5-12(13)8-21(14)16-18(24)17(23)15(9-22)26-19(16)25/h1-6,8,15-19,22-25H,9H2/t15-,16-,17-,18-,19-/m1/s1. The molecule has 0 radical (unpaired) electrons. The Morgan fingerprint density at radius 3 is 2.38 bits per heavy atom. The van der Waals surface area contributed by atoms with Crippen LogP contribution < -0.4 is 0 Å². The summed E-state index contributed by atoms with van der Waals surface area (Å²) in [5.74, 6) is 0. The van der Waals surface area contributed by atoms with E-state index in [1.165, 1.54) is 4.57 Å². The van der Waals surface area contributed by atoms with Crippen LogP contribution in [0.5, 0.6) is 0 Å². The van der Waals surface area contributed by atoms with Gasteiger partial charge in [0.05, 0.1) is 6.61 Å². The molecular weight excluding hydrogens is 336 g/mol. The monoisotopic (exact) mass is 354 g/mol. The lowest BCUT2D eigenvalue weighted by atomic mass is 9.96. The minimum absolute atomic E-state index is 0.257. The van der Waals surface area contributed by atoms with Crippen molar-refractivity contribution < 1.29 is 25.2 Å². The van der Waals surface area contributed by atoms with Gasteiger partial charge in [-0.3, -0.25) is 0 Å². The number of ether oxygens (including phenoxy) is 1. The molecule has 1 aliphatic heterocycles. The van der Waals surface area contributed by atoms with Gasteiger partial charge < -0.3 is 29.7 Å². The molecular formula is C19H18N2O5. The van der Waals surface area contributed by atoms with Crippen molar-refractivity contribution in [3.8, 4) is 6.07 Å². The molecule has 0 saturated carbocycles. The predicted molar refractivity (Wildman–Crippen MR) is 93.2 cm³/mol. The van der Waals surface area contributed by atoms with Gasteiger partial charge in [-0.25, -0.2) is 0 Å². The molecule has 1 saturated heterocycles. The van der Waals surface area contributed by atoms with Gasteiger partial charge in [0.25, 0.3) is 0 Å². The number of nitrogens with zero attached hydrogens (tertiary/aromatic N) is 2. The Labute approximate surface area is 148 Å². The Morgan fingerprint density at radius 1 is 1.04 bits per heavy atom. The highest BCUT2D eigenvalue weighted by atomic mass is 16.6. The maximum atomic E-state index is 10.5. The number of nitriles is 1. The van der Waals surface area contributed by atoms with Gasteiger partial charge in [0, 0.05) is 17.0 Å². The van der Waals surface area contributed by atoms with E-state index in [1.54, 1.807) is 6.20 Å². The second kappa shape index (κ2) is 6.36. The van der Waals surface area contributed by atoms with Crippen LogP contribution in [0, 0.1) is 11.3 Å². The molecule has 26 heavy (non-hydrogen) atoms. The largest absolute Gasteiger partial charge is 0.394 e. The van der Waals surface area contributed by atoms with Crippen molar-refractivity contribution in [1.29, 1.82) is 5.26 Å². The van der Waals surface area contributed by atoms with E-state index in [4.69, 9.17) is 4.74 Å². The maximum absolute atomic E-state index is 10.5. The van der Waals surface area contributed by atoms with E-state index in [2.05, 4.69) is 6.07 Å². The summed E-state index contributed by atoms with van der Waals surface area (Å²) in [4.78, 5) is 0. The molecule has 7 nitrogen and oxygen atoms in total. The van der Waals surface area contributed by atoms with Crippen LogP contribution in [-0.4, -0.2) is 56.2 Å². The molecule has 0 aliphatic carbocycles. The van der Waals surface area contributed by atoms with Gasteiger partial charge in [-0.05, 0) is 22.9 Å². The topological polar surface area (TPSA) is 119 Å². The molecule has 1 aromatic heterocycles. The summed E-state index contributed by atoms with van der Waals surface area (Å²) in [6.07, 6.45) is -3.70. The SMILES string of the molecule is N#Cc1c2cc3ccccc3cc2cn1[C@@H]1[C@@H](O)[C@H](O)[C@@H](CO)O[C@H]1O. The summed E-state index contributed by atoms with van der Waals surface area (Å²) in [6, 6.07) is 12.6. The number of hydrogen-bond acceptors (Lipinski definition) is 6. The van der Waals surface area contributed by atoms with Gasteiger partial charge in [-0.1, -0.05) is 24.3 Å². The van der Waals surface area contributed by atoms with Crippen LogP contribution in [0.2, 0.25) is 0 Å². The third-order valence-electron chi connectivity index (χ3n) is 5.00. The first-order valence-electron chi connectivity index (χ1n) is 8.29. The van der Waals surface area contributed by atoms with Gasteiger partial charge >= 0.3 is 0 Å². The van der Waals surface area contributed by atoms with E-state index in [1.807, 2.05) is 36.4 Å². The van der Waals surface area contributed by atoms with Crippen LogP contribution in [0.3, 0.4) is 0 Å². The molecule has 0 bridgehead atoms. The number of aliphatic hydroxyl groups is 4. The van der Waals surface area contributed by atoms with Crippen LogP contribution in [0.15, 0.2) is 42.6 Å². The molecule has 0 unspecified atom stereocenters. The average Bonchev–Trinajstić information content (AvgIpc) is 2.99. The normalized spacial score (nSPS) is 29.1. The summed E-state index contributed by atoms with van der Waals surface area (Å²) < 4.78 is 6.66. The first-order chi connectivity index (χ1) is 12.5. The first-order valence-corrected chi connectivity index (χ1v) is 8.29. The van der Waals surface area contributed by atoms with E-state index in [9.17, 15) is 25.7 Å². The fourth-order valence-electron chi connectivity index (χ4n) is 3.66. The molecule has 7 heteroatoms. The molecule has 1 fully saturated rings. The molecule has 1 aliphatic rings. The highest BCUT2D eigenvalue weighted by molar-refractivity contribution is 6.00. The van der Waals surface area contributed by atoms with E-state index < -0.39 is 37.3 Å². The molecule has 0 amide bonds. The summed E-state index contributed by atoms with van der Waals surface area (Å²) in [5, 5.41) is 53.2. The molecule has 0 spiro atoms.